The van der Waals surface area contributed by atoms with Gasteiger partial charge in [0.2, 0.25) is 0 Å². The fourth-order valence-corrected chi connectivity index (χ4v) is 0.145. The van der Waals surface area contributed by atoms with E-state index < -0.39 is 6.29 Å². The lowest BCUT2D eigenvalue weighted by atomic mass is 10.5. The summed E-state index contributed by atoms with van der Waals surface area (Å²) < 4.78 is 0. The quantitative estimate of drug-likeness (QED) is 0.268. The Kier molecular flexibility index (Phi) is 3.18. The number of hydrogen-bond donors (Lipinski definition) is 2. The van der Waals surface area contributed by atoms with Crippen molar-refractivity contribution in [1.29, 1.82) is 0 Å². The monoisotopic (exact) mass is 102 g/mol. The van der Waals surface area contributed by atoms with Gasteiger partial charge in [-0.1, -0.05) is 0 Å². The lowest BCUT2D eigenvalue weighted by Gasteiger charge is -1.86. The summed E-state index contributed by atoms with van der Waals surface area (Å²) in [5.74, 6) is 0. The Hall–Kier alpha value is -0.670. The summed E-state index contributed by atoms with van der Waals surface area (Å²) in [6.07, 6.45) is 0.946. The number of carbonyl (C=O) groups excluding carboxylic acids is 1. The minimum absolute atomic E-state index is 0.472. The summed E-state index contributed by atoms with van der Waals surface area (Å²) in [5, 5.41) is 16.0. The highest BCUT2D eigenvalue weighted by Crippen LogP contribution is 1.73. The second-order valence-corrected chi connectivity index (χ2v) is 0.935. The SMILES string of the molecule is O=C/C=C\C(O)O. The first kappa shape index (κ1) is 6.33. The van der Waals surface area contributed by atoms with E-state index in [0.717, 1.165) is 12.2 Å². The van der Waals surface area contributed by atoms with E-state index in [1.54, 1.807) is 0 Å². The van der Waals surface area contributed by atoms with Gasteiger partial charge >= 0.3 is 0 Å². The molecule has 0 radical (unpaired) electrons. The maximum Gasteiger partial charge on any atom is 0.171 e. The summed E-state index contributed by atoms with van der Waals surface area (Å²) in [6, 6.07) is 0. The maximum absolute atomic E-state index is 9.40. The summed E-state index contributed by atoms with van der Waals surface area (Å²) >= 11 is 0. The minimum atomic E-state index is -1.51. The molecule has 0 aliphatic carbocycles. The summed E-state index contributed by atoms with van der Waals surface area (Å²) in [4.78, 5) is 9.40. The van der Waals surface area contributed by atoms with Crippen LogP contribution in [0, 0.1) is 0 Å². The Morgan fingerprint density at radius 1 is 1.43 bits per heavy atom. The number of aliphatic hydroxyl groups excluding tert-OH is 1. The van der Waals surface area contributed by atoms with E-state index >= 15 is 0 Å². The van der Waals surface area contributed by atoms with Crippen LogP contribution in [0.2, 0.25) is 0 Å². The van der Waals surface area contributed by atoms with Gasteiger partial charge in [0, 0.05) is 0 Å². The van der Waals surface area contributed by atoms with Gasteiger partial charge in [0.1, 0.15) is 6.29 Å². The summed E-state index contributed by atoms with van der Waals surface area (Å²) in [7, 11) is 0. The van der Waals surface area contributed by atoms with Crippen molar-refractivity contribution in [2.75, 3.05) is 0 Å². The van der Waals surface area contributed by atoms with Gasteiger partial charge in [-0.25, -0.2) is 0 Å². The summed E-state index contributed by atoms with van der Waals surface area (Å²) in [6.45, 7) is 0. The van der Waals surface area contributed by atoms with Gasteiger partial charge < -0.3 is 10.2 Å². The van der Waals surface area contributed by atoms with E-state index in [-0.39, 0.29) is 0 Å². The highest BCUT2D eigenvalue weighted by atomic mass is 16.5. The molecular formula is C4H6O3. The predicted octanol–water partition coefficient (Wildman–Crippen LogP) is -0.948. The standard InChI is InChI=1S/C4H6O3/c5-3-1-2-4(6)7/h1-4,6-7H/b2-1-. The van der Waals surface area contributed by atoms with Crippen molar-refractivity contribution in [2.45, 2.75) is 6.29 Å². The zero-order chi connectivity index (χ0) is 5.70. The van der Waals surface area contributed by atoms with Crippen LogP contribution < -0.4 is 0 Å². The van der Waals surface area contributed by atoms with Crippen LogP contribution in [-0.2, 0) is 4.79 Å². The first-order chi connectivity index (χ1) is 3.27. The van der Waals surface area contributed by atoms with Gasteiger partial charge in [-0.3, -0.25) is 4.79 Å². The van der Waals surface area contributed by atoms with Crippen molar-refractivity contribution in [3.05, 3.63) is 12.2 Å². The van der Waals surface area contributed by atoms with Gasteiger partial charge in [-0.2, -0.15) is 0 Å². The molecule has 40 valence electrons. The molecule has 0 aliphatic rings. The third-order valence-electron chi connectivity index (χ3n) is 0.362. The average Bonchev–Trinajstić information content (AvgIpc) is 1.61. The van der Waals surface area contributed by atoms with E-state index in [1.165, 1.54) is 0 Å². The Morgan fingerprint density at radius 2 is 2.00 bits per heavy atom. The van der Waals surface area contributed by atoms with Crippen molar-refractivity contribution >= 4 is 6.29 Å². The van der Waals surface area contributed by atoms with Crippen molar-refractivity contribution < 1.29 is 15.0 Å². The molecule has 0 aromatic heterocycles. The molecular weight excluding hydrogens is 96.0 g/mol. The predicted molar refractivity (Wildman–Crippen MR) is 23.4 cm³/mol. The lowest BCUT2D eigenvalue weighted by Crippen LogP contribution is -1.96. The largest absolute Gasteiger partial charge is 0.365 e. The molecule has 0 saturated heterocycles. The number of carbonyl (C=O) groups is 1. The van der Waals surface area contributed by atoms with E-state index in [1.807, 2.05) is 0 Å². The highest BCUT2D eigenvalue weighted by Gasteiger charge is 1.81. The van der Waals surface area contributed by atoms with Gasteiger partial charge in [0.05, 0.1) is 0 Å². The molecule has 0 fully saturated rings. The molecule has 3 heteroatoms. The van der Waals surface area contributed by atoms with Crippen molar-refractivity contribution in [3.63, 3.8) is 0 Å². The van der Waals surface area contributed by atoms with Crippen LogP contribution in [0.25, 0.3) is 0 Å². The van der Waals surface area contributed by atoms with Crippen molar-refractivity contribution in [2.24, 2.45) is 0 Å². The number of aldehydes is 1. The molecule has 0 saturated carbocycles. The van der Waals surface area contributed by atoms with Crippen LogP contribution in [0.1, 0.15) is 0 Å². The number of aliphatic hydroxyl groups is 2. The summed E-state index contributed by atoms with van der Waals surface area (Å²) in [5.41, 5.74) is 0. The van der Waals surface area contributed by atoms with Gasteiger partial charge in [0.15, 0.2) is 6.29 Å². The third kappa shape index (κ3) is 5.33. The lowest BCUT2D eigenvalue weighted by molar-refractivity contribution is -0.104. The molecule has 2 N–H and O–H groups in total. The molecule has 0 rings (SSSR count). The highest BCUT2D eigenvalue weighted by molar-refractivity contribution is 5.64. The topological polar surface area (TPSA) is 57.5 Å². The molecule has 0 atom stereocenters. The molecule has 0 amide bonds. The average molecular weight is 102 g/mol. The molecule has 0 spiro atoms. The Bertz CT molecular complexity index is 75.0. The first-order valence-electron chi connectivity index (χ1n) is 1.75. The van der Waals surface area contributed by atoms with Crippen LogP contribution in [-0.4, -0.2) is 22.8 Å². The second kappa shape index (κ2) is 3.52. The zero-order valence-electron chi connectivity index (χ0n) is 3.61. The van der Waals surface area contributed by atoms with E-state index in [0.29, 0.717) is 6.29 Å². The second-order valence-electron chi connectivity index (χ2n) is 0.935. The van der Waals surface area contributed by atoms with E-state index in [2.05, 4.69) is 0 Å². The fourth-order valence-electron chi connectivity index (χ4n) is 0.145. The molecule has 0 aliphatic heterocycles. The van der Waals surface area contributed by atoms with Crippen LogP contribution in [0.15, 0.2) is 12.2 Å². The zero-order valence-corrected chi connectivity index (χ0v) is 3.61. The first-order valence-corrected chi connectivity index (χ1v) is 1.75. The molecule has 0 aromatic rings. The molecule has 0 bridgehead atoms. The molecule has 0 aromatic carbocycles. The molecule has 0 unspecified atom stereocenters. The van der Waals surface area contributed by atoms with Crippen molar-refractivity contribution in [1.82, 2.24) is 0 Å². The maximum atomic E-state index is 9.40. The number of rotatable bonds is 2. The normalized spacial score (nSPS) is 10.7. The van der Waals surface area contributed by atoms with Crippen LogP contribution in [0.5, 0.6) is 0 Å². The Labute approximate surface area is 40.9 Å². The van der Waals surface area contributed by atoms with Crippen LogP contribution in [0.3, 0.4) is 0 Å². The number of hydrogen-bond acceptors (Lipinski definition) is 3. The van der Waals surface area contributed by atoms with E-state index in [9.17, 15) is 4.79 Å². The Morgan fingerprint density at radius 3 is 2.14 bits per heavy atom. The minimum Gasteiger partial charge on any atom is -0.365 e. The van der Waals surface area contributed by atoms with Crippen molar-refractivity contribution in [3.8, 4) is 0 Å². The fraction of sp³-hybridized carbons (Fsp3) is 0.250. The third-order valence-corrected chi connectivity index (χ3v) is 0.362. The number of allylic oxidation sites excluding steroid dienone is 1. The molecule has 3 nitrogen and oxygen atoms in total. The molecule has 0 heterocycles. The van der Waals surface area contributed by atoms with Gasteiger partial charge in [-0.05, 0) is 12.2 Å². The van der Waals surface area contributed by atoms with Gasteiger partial charge in [0.25, 0.3) is 0 Å². The smallest absolute Gasteiger partial charge is 0.171 e. The van der Waals surface area contributed by atoms with Crippen LogP contribution >= 0.6 is 0 Å². The Balaban J connectivity index is 3.25. The van der Waals surface area contributed by atoms with Gasteiger partial charge in [-0.15, -0.1) is 0 Å². The van der Waals surface area contributed by atoms with E-state index in [4.69, 9.17) is 10.2 Å². The van der Waals surface area contributed by atoms with Crippen LogP contribution in [0.4, 0.5) is 0 Å². The molecule has 7 heavy (non-hydrogen) atoms.